The van der Waals surface area contributed by atoms with Crippen LogP contribution in [-0.2, 0) is 0 Å². The molecular formula is C14H8N2O2S. The van der Waals surface area contributed by atoms with E-state index in [4.69, 9.17) is 4.42 Å². The molecule has 92 valence electrons. The van der Waals surface area contributed by atoms with Crippen molar-refractivity contribution >= 4 is 33.3 Å². The second kappa shape index (κ2) is 3.80. The van der Waals surface area contributed by atoms with Gasteiger partial charge in [0, 0.05) is 5.39 Å². The summed E-state index contributed by atoms with van der Waals surface area (Å²) in [4.78, 5) is 20.0. The Balaban J connectivity index is 2.16. The van der Waals surface area contributed by atoms with Gasteiger partial charge in [0.1, 0.15) is 0 Å². The van der Waals surface area contributed by atoms with E-state index < -0.39 is 0 Å². The maximum absolute atomic E-state index is 12.0. The highest BCUT2D eigenvalue weighted by molar-refractivity contribution is 7.13. The van der Waals surface area contributed by atoms with Crippen LogP contribution in [-0.4, -0.2) is 9.97 Å². The molecule has 0 unspecified atom stereocenters. The molecule has 0 aliphatic heterocycles. The zero-order chi connectivity index (χ0) is 12.8. The number of aromatic nitrogens is 2. The highest BCUT2D eigenvalue weighted by atomic mass is 32.1. The van der Waals surface area contributed by atoms with Crippen molar-refractivity contribution in [1.82, 2.24) is 9.97 Å². The van der Waals surface area contributed by atoms with E-state index in [1.807, 2.05) is 41.8 Å². The standard InChI is InChI=1S/C14H8N2O2S/c17-13-11-12(8-4-1-2-5-9(8)15-13)18-14(16-11)10-6-3-7-19-10/h1-7H,(H,15,17). The average Bonchev–Trinajstić information content (AvgIpc) is 3.08. The van der Waals surface area contributed by atoms with E-state index >= 15 is 0 Å². The van der Waals surface area contributed by atoms with Crippen molar-refractivity contribution in [2.75, 3.05) is 0 Å². The lowest BCUT2D eigenvalue weighted by Gasteiger charge is -1.95. The summed E-state index contributed by atoms with van der Waals surface area (Å²) in [5, 5.41) is 2.82. The van der Waals surface area contributed by atoms with Crippen molar-refractivity contribution in [3.8, 4) is 10.8 Å². The Labute approximate surface area is 111 Å². The molecule has 1 aromatic carbocycles. The molecule has 0 radical (unpaired) electrons. The third-order valence-corrected chi connectivity index (χ3v) is 3.85. The zero-order valence-corrected chi connectivity index (χ0v) is 10.5. The number of hydrogen-bond acceptors (Lipinski definition) is 4. The molecule has 0 amide bonds. The molecule has 3 heterocycles. The number of fused-ring (bicyclic) bond motifs is 3. The fourth-order valence-corrected chi connectivity index (χ4v) is 2.78. The van der Waals surface area contributed by atoms with E-state index in [1.54, 1.807) is 0 Å². The molecule has 4 aromatic rings. The Bertz CT molecular complexity index is 935. The number of rotatable bonds is 1. The molecule has 19 heavy (non-hydrogen) atoms. The van der Waals surface area contributed by atoms with Crippen LogP contribution in [0.15, 0.2) is 51.0 Å². The quantitative estimate of drug-likeness (QED) is 0.575. The number of benzene rings is 1. The van der Waals surface area contributed by atoms with Crippen LogP contribution >= 0.6 is 11.3 Å². The first-order valence-electron chi connectivity index (χ1n) is 5.78. The molecule has 4 nitrogen and oxygen atoms in total. The van der Waals surface area contributed by atoms with Gasteiger partial charge in [-0.25, -0.2) is 4.98 Å². The smallest absolute Gasteiger partial charge is 0.278 e. The lowest BCUT2D eigenvalue weighted by Crippen LogP contribution is -2.05. The number of H-pyrrole nitrogens is 1. The first-order chi connectivity index (χ1) is 9.33. The first-order valence-corrected chi connectivity index (χ1v) is 6.66. The van der Waals surface area contributed by atoms with Gasteiger partial charge in [0.2, 0.25) is 5.89 Å². The van der Waals surface area contributed by atoms with Crippen LogP contribution < -0.4 is 5.56 Å². The van der Waals surface area contributed by atoms with Crippen LogP contribution in [0.4, 0.5) is 0 Å². The van der Waals surface area contributed by atoms with Gasteiger partial charge in [-0.3, -0.25) is 4.79 Å². The zero-order valence-electron chi connectivity index (χ0n) is 9.71. The van der Waals surface area contributed by atoms with E-state index in [1.165, 1.54) is 11.3 Å². The number of nitrogens with one attached hydrogen (secondary N) is 1. The molecule has 0 aliphatic carbocycles. The molecule has 0 aliphatic rings. The summed E-state index contributed by atoms with van der Waals surface area (Å²) in [5.74, 6) is 0.492. The first kappa shape index (κ1) is 10.5. The molecule has 5 heteroatoms. The molecule has 1 N–H and O–H groups in total. The van der Waals surface area contributed by atoms with Crippen LogP contribution in [0.25, 0.3) is 32.8 Å². The summed E-state index contributed by atoms with van der Waals surface area (Å²) >= 11 is 1.53. The number of thiophene rings is 1. The average molecular weight is 268 g/mol. The van der Waals surface area contributed by atoms with Crippen LogP contribution in [0, 0.1) is 0 Å². The van der Waals surface area contributed by atoms with Crippen molar-refractivity contribution in [3.05, 3.63) is 52.1 Å². The van der Waals surface area contributed by atoms with Gasteiger partial charge in [-0.2, -0.15) is 0 Å². The Morgan fingerprint density at radius 3 is 2.89 bits per heavy atom. The Hall–Kier alpha value is -2.40. The van der Waals surface area contributed by atoms with E-state index in [0.29, 0.717) is 17.0 Å². The van der Waals surface area contributed by atoms with Crippen molar-refractivity contribution in [2.45, 2.75) is 0 Å². The predicted molar refractivity (Wildman–Crippen MR) is 75.4 cm³/mol. The van der Waals surface area contributed by atoms with E-state index in [2.05, 4.69) is 9.97 Å². The maximum Gasteiger partial charge on any atom is 0.278 e. The minimum atomic E-state index is -0.222. The van der Waals surface area contributed by atoms with Crippen LogP contribution in [0.3, 0.4) is 0 Å². The van der Waals surface area contributed by atoms with E-state index in [0.717, 1.165) is 15.8 Å². The largest absolute Gasteiger partial charge is 0.434 e. The maximum atomic E-state index is 12.0. The molecule has 0 fully saturated rings. The van der Waals surface area contributed by atoms with E-state index in [-0.39, 0.29) is 5.56 Å². The molecule has 0 saturated heterocycles. The van der Waals surface area contributed by atoms with Crippen molar-refractivity contribution in [2.24, 2.45) is 0 Å². The van der Waals surface area contributed by atoms with Gasteiger partial charge in [-0.15, -0.1) is 11.3 Å². The van der Waals surface area contributed by atoms with Gasteiger partial charge in [0.25, 0.3) is 5.56 Å². The monoisotopic (exact) mass is 268 g/mol. The lowest BCUT2D eigenvalue weighted by atomic mass is 10.2. The fourth-order valence-electron chi connectivity index (χ4n) is 2.13. The minimum absolute atomic E-state index is 0.222. The Morgan fingerprint density at radius 1 is 1.16 bits per heavy atom. The minimum Gasteiger partial charge on any atom is -0.434 e. The summed E-state index contributed by atoms with van der Waals surface area (Å²) in [7, 11) is 0. The van der Waals surface area contributed by atoms with Crippen LogP contribution in [0.1, 0.15) is 0 Å². The SMILES string of the molecule is O=c1[nH]c2ccccc2c2oc(-c3cccs3)nc12. The molecule has 0 bridgehead atoms. The van der Waals surface area contributed by atoms with Crippen molar-refractivity contribution < 1.29 is 4.42 Å². The highest BCUT2D eigenvalue weighted by Gasteiger charge is 2.14. The van der Waals surface area contributed by atoms with Crippen molar-refractivity contribution in [1.29, 1.82) is 0 Å². The topological polar surface area (TPSA) is 58.9 Å². The second-order valence-electron chi connectivity index (χ2n) is 4.17. The summed E-state index contributed by atoms with van der Waals surface area (Å²) < 4.78 is 5.79. The summed E-state index contributed by atoms with van der Waals surface area (Å²) in [5.41, 5.74) is 1.43. The normalized spacial score (nSPS) is 11.4. The highest BCUT2D eigenvalue weighted by Crippen LogP contribution is 2.29. The van der Waals surface area contributed by atoms with Crippen molar-refractivity contribution in [3.63, 3.8) is 0 Å². The molecule has 0 spiro atoms. The summed E-state index contributed by atoms with van der Waals surface area (Å²) in [6.45, 7) is 0. The predicted octanol–water partition coefficient (Wildman–Crippen LogP) is 3.40. The summed E-state index contributed by atoms with van der Waals surface area (Å²) in [6.07, 6.45) is 0. The van der Waals surface area contributed by atoms with Gasteiger partial charge in [0.05, 0.1) is 10.4 Å². The number of hydrogen-bond donors (Lipinski definition) is 1. The summed E-state index contributed by atoms with van der Waals surface area (Å²) in [6, 6.07) is 11.4. The number of pyridine rings is 1. The van der Waals surface area contributed by atoms with E-state index in [9.17, 15) is 4.79 Å². The third-order valence-electron chi connectivity index (χ3n) is 2.99. The number of para-hydroxylation sites is 1. The molecule has 4 rings (SSSR count). The Kier molecular flexibility index (Phi) is 2.10. The molecular weight excluding hydrogens is 260 g/mol. The fraction of sp³-hybridized carbons (Fsp3) is 0. The molecule has 3 aromatic heterocycles. The number of oxazole rings is 1. The number of aromatic amines is 1. The van der Waals surface area contributed by atoms with Gasteiger partial charge in [-0.1, -0.05) is 18.2 Å². The van der Waals surface area contributed by atoms with Gasteiger partial charge in [-0.05, 0) is 23.6 Å². The molecule has 0 atom stereocenters. The third kappa shape index (κ3) is 1.52. The second-order valence-corrected chi connectivity index (χ2v) is 5.12. The van der Waals surface area contributed by atoms with Gasteiger partial charge < -0.3 is 9.40 Å². The van der Waals surface area contributed by atoms with Gasteiger partial charge in [0.15, 0.2) is 11.1 Å². The van der Waals surface area contributed by atoms with Gasteiger partial charge >= 0.3 is 0 Å². The number of nitrogens with zero attached hydrogens (tertiary/aromatic N) is 1. The Morgan fingerprint density at radius 2 is 2.05 bits per heavy atom. The molecule has 0 saturated carbocycles. The van der Waals surface area contributed by atoms with Crippen LogP contribution in [0.5, 0.6) is 0 Å². The lowest BCUT2D eigenvalue weighted by molar-refractivity contribution is 0.624. The van der Waals surface area contributed by atoms with Crippen LogP contribution in [0.2, 0.25) is 0 Å².